The topological polar surface area (TPSA) is 29.3 Å². The molecule has 0 aliphatic carbocycles. The molecule has 0 bridgehead atoms. The number of hydrogen-bond donors (Lipinski definition) is 1. The predicted octanol–water partition coefficient (Wildman–Crippen LogP) is 4.18. The van der Waals surface area contributed by atoms with Crippen molar-refractivity contribution in [1.82, 2.24) is 0 Å². The molecule has 112 valence electrons. The van der Waals surface area contributed by atoms with E-state index in [1.54, 1.807) is 12.1 Å². The van der Waals surface area contributed by atoms with Crippen LogP contribution in [0.25, 0.3) is 0 Å². The Balaban J connectivity index is 2.27. The lowest BCUT2D eigenvalue weighted by Gasteiger charge is -2.23. The number of aryl methyl sites for hydroxylation is 1. The van der Waals surface area contributed by atoms with E-state index in [1.807, 2.05) is 31.0 Å². The summed E-state index contributed by atoms with van der Waals surface area (Å²) in [6, 6.07) is 13.3. The monoisotopic (exact) mass is 286 g/mol. The molecular formula is C18H23FN2. The molecule has 3 heteroatoms. The molecule has 0 fully saturated rings. The van der Waals surface area contributed by atoms with Gasteiger partial charge >= 0.3 is 0 Å². The Kier molecular flexibility index (Phi) is 4.97. The molecule has 0 saturated heterocycles. The van der Waals surface area contributed by atoms with Gasteiger partial charge in [0.2, 0.25) is 0 Å². The van der Waals surface area contributed by atoms with E-state index >= 15 is 0 Å². The van der Waals surface area contributed by atoms with Crippen LogP contribution in [0, 0.1) is 12.7 Å². The lowest BCUT2D eigenvalue weighted by molar-refractivity contribution is 0.627. The summed E-state index contributed by atoms with van der Waals surface area (Å²) < 4.78 is 13.9. The number of para-hydroxylation sites is 1. The molecule has 0 spiro atoms. The molecule has 2 rings (SSSR count). The average molecular weight is 286 g/mol. The lowest BCUT2D eigenvalue weighted by Crippen LogP contribution is -2.21. The average Bonchev–Trinajstić information content (AvgIpc) is 2.47. The molecule has 21 heavy (non-hydrogen) atoms. The Bertz CT molecular complexity index is 610. The van der Waals surface area contributed by atoms with Gasteiger partial charge in [-0.25, -0.2) is 4.39 Å². The van der Waals surface area contributed by atoms with Crippen LogP contribution in [0.2, 0.25) is 0 Å². The number of nitrogens with zero attached hydrogens (tertiary/aromatic N) is 1. The largest absolute Gasteiger partial charge is 0.342 e. The van der Waals surface area contributed by atoms with Crippen molar-refractivity contribution in [3.63, 3.8) is 0 Å². The third-order valence-electron chi connectivity index (χ3n) is 3.86. The van der Waals surface area contributed by atoms with E-state index in [-0.39, 0.29) is 11.9 Å². The second-order valence-corrected chi connectivity index (χ2v) is 5.50. The molecule has 0 radical (unpaired) electrons. The third kappa shape index (κ3) is 3.61. The van der Waals surface area contributed by atoms with Gasteiger partial charge in [-0.05, 0) is 49.1 Å². The van der Waals surface area contributed by atoms with Crippen LogP contribution in [0.4, 0.5) is 15.8 Å². The Morgan fingerprint density at radius 3 is 2.48 bits per heavy atom. The van der Waals surface area contributed by atoms with Crippen molar-refractivity contribution in [2.75, 3.05) is 11.9 Å². The van der Waals surface area contributed by atoms with Gasteiger partial charge in [0.25, 0.3) is 0 Å². The number of rotatable bonds is 5. The zero-order chi connectivity index (χ0) is 15.4. The summed E-state index contributed by atoms with van der Waals surface area (Å²) in [5, 5.41) is 0. The van der Waals surface area contributed by atoms with Crippen molar-refractivity contribution >= 4 is 11.4 Å². The number of benzene rings is 2. The number of anilines is 2. The Hall–Kier alpha value is -1.87. The molecular weight excluding hydrogens is 263 g/mol. The highest BCUT2D eigenvalue weighted by Gasteiger charge is 2.11. The van der Waals surface area contributed by atoms with Crippen molar-refractivity contribution in [3.05, 3.63) is 59.4 Å². The first kappa shape index (κ1) is 15.5. The summed E-state index contributed by atoms with van der Waals surface area (Å²) in [6.45, 7) is 4.14. The maximum atomic E-state index is 13.9. The second kappa shape index (κ2) is 6.72. The molecule has 1 unspecified atom stereocenters. The van der Waals surface area contributed by atoms with Crippen molar-refractivity contribution in [2.24, 2.45) is 5.73 Å². The van der Waals surface area contributed by atoms with Crippen LogP contribution in [0.1, 0.15) is 24.5 Å². The van der Waals surface area contributed by atoms with Crippen LogP contribution in [0.5, 0.6) is 0 Å². The first-order chi connectivity index (χ1) is 10.0. The second-order valence-electron chi connectivity index (χ2n) is 5.50. The van der Waals surface area contributed by atoms with Crippen molar-refractivity contribution < 1.29 is 4.39 Å². The van der Waals surface area contributed by atoms with E-state index in [2.05, 4.69) is 19.1 Å². The van der Waals surface area contributed by atoms with Crippen LogP contribution in [0.15, 0.2) is 42.5 Å². The fourth-order valence-electron chi connectivity index (χ4n) is 2.52. The molecule has 2 N–H and O–H groups in total. The molecule has 2 nitrogen and oxygen atoms in total. The molecule has 0 aromatic heterocycles. The molecule has 0 aliphatic rings. The van der Waals surface area contributed by atoms with E-state index in [9.17, 15) is 4.39 Å². The zero-order valence-corrected chi connectivity index (χ0v) is 12.9. The standard InChI is InChI=1S/C18H23FN2/c1-4-15(20)12-14-9-10-17(13(2)11-14)21(3)18-8-6-5-7-16(18)19/h5-11,15H,4,12,20H2,1-3H3. The van der Waals surface area contributed by atoms with Crippen LogP contribution >= 0.6 is 0 Å². The Morgan fingerprint density at radius 2 is 1.86 bits per heavy atom. The SMILES string of the molecule is CCC(N)Cc1ccc(N(C)c2ccccc2F)c(C)c1. The van der Waals surface area contributed by atoms with Gasteiger partial charge in [0, 0.05) is 18.8 Å². The molecule has 2 aromatic rings. The number of halogens is 1. The van der Waals surface area contributed by atoms with Gasteiger partial charge in [0.15, 0.2) is 0 Å². The minimum absolute atomic E-state index is 0.194. The van der Waals surface area contributed by atoms with Crippen molar-refractivity contribution in [1.29, 1.82) is 0 Å². The van der Waals surface area contributed by atoms with Gasteiger partial charge in [-0.15, -0.1) is 0 Å². The normalized spacial score (nSPS) is 12.2. The maximum absolute atomic E-state index is 13.9. The van der Waals surface area contributed by atoms with Gasteiger partial charge in [0.05, 0.1) is 5.69 Å². The fraction of sp³-hybridized carbons (Fsp3) is 0.333. The third-order valence-corrected chi connectivity index (χ3v) is 3.86. The summed E-state index contributed by atoms with van der Waals surface area (Å²) in [4.78, 5) is 1.88. The molecule has 0 aliphatic heterocycles. The number of nitrogens with two attached hydrogens (primary N) is 1. The van der Waals surface area contributed by atoms with Crippen molar-refractivity contribution in [2.45, 2.75) is 32.7 Å². The smallest absolute Gasteiger partial charge is 0.146 e. The number of hydrogen-bond acceptors (Lipinski definition) is 2. The highest BCUT2D eigenvalue weighted by atomic mass is 19.1. The van der Waals surface area contributed by atoms with Crippen LogP contribution in [-0.4, -0.2) is 13.1 Å². The summed E-state index contributed by atoms with van der Waals surface area (Å²) in [5.74, 6) is -0.212. The van der Waals surface area contributed by atoms with Crippen molar-refractivity contribution in [3.8, 4) is 0 Å². The van der Waals surface area contributed by atoms with E-state index in [0.29, 0.717) is 5.69 Å². The lowest BCUT2D eigenvalue weighted by atomic mass is 10.0. The molecule has 0 heterocycles. The summed E-state index contributed by atoms with van der Waals surface area (Å²) in [6.07, 6.45) is 1.84. The van der Waals surface area contributed by atoms with Gasteiger partial charge in [-0.3, -0.25) is 0 Å². The summed E-state index contributed by atoms with van der Waals surface area (Å²) >= 11 is 0. The Labute approximate surface area is 126 Å². The predicted molar refractivity (Wildman–Crippen MR) is 87.6 cm³/mol. The minimum atomic E-state index is -0.212. The first-order valence-electron chi connectivity index (χ1n) is 7.36. The van der Waals surface area contributed by atoms with E-state index in [0.717, 1.165) is 24.1 Å². The van der Waals surface area contributed by atoms with Crippen LogP contribution in [-0.2, 0) is 6.42 Å². The van der Waals surface area contributed by atoms with E-state index in [1.165, 1.54) is 11.6 Å². The van der Waals surface area contributed by atoms with Gasteiger partial charge in [-0.2, -0.15) is 0 Å². The van der Waals surface area contributed by atoms with Crippen LogP contribution < -0.4 is 10.6 Å². The molecule has 0 amide bonds. The van der Waals surface area contributed by atoms with Gasteiger partial charge < -0.3 is 10.6 Å². The van der Waals surface area contributed by atoms with E-state index < -0.39 is 0 Å². The first-order valence-corrected chi connectivity index (χ1v) is 7.36. The summed E-state index contributed by atoms with van der Waals surface area (Å²) in [7, 11) is 1.89. The molecule has 0 saturated carbocycles. The fourth-order valence-corrected chi connectivity index (χ4v) is 2.52. The maximum Gasteiger partial charge on any atom is 0.146 e. The summed E-state index contributed by atoms with van der Waals surface area (Å²) in [5.41, 5.74) is 9.95. The van der Waals surface area contributed by atoms with Gasteiger partial charge in [0.1, 0.15) is 5.82 Å². The van der Waals surface area contributed by atoms with E-state index in [4.69, 9.17) is 5.73 Å². The highest BCUT2D eigenvalue weighted by molar-refractivity contribution is 5.66. The zero-order valence-electron chi connectivity index (χ0n) is 12.9. The minimum Gasteiger partial charge on any atom is -0.342 e. The van der Waals surface area contributed by atoms with Crippen LogP contribution in [0.3, 0.4) is 0 Å². The quantitative estimate of drug-likeness (QED) is 0.893. The highest BCUT2D eigenvalue weighted by Crippen LogP contribution is 2.29. The molecule has 1 atom stereocenters. The molecule has 2 aromatic carbocycles. The Morgan fingerprint density at radius 1 is 1.14 bits per heavy atom. The van der Waals surface area contributed by atoms with Gasteiger partial charge in [-0.1, -0.05) is 31.2 Å².